The van der Waals surface area contributed by atoms with Crippen molar-refractivity contribution in [3.63, 3.8) is 0 Å². The number of urea groups is 1. The summed E-state index contributed by atoms with van der Waals surface area (Å²) in [6, 6.07) is 8.76. The molecule has 1 heterocycles. The highest BCUT2D eigenvalue weighted by atomic mass is 32.2. The Morgan fingerprint density at radius 2 is 1.96 bits per heavy atom. The lowest BCUT2D eigenvalue weighted by Gasteiger charge is -2.21. The van der Waals surface area contributed by atoms with Gasteiger partial charge in [0.15, 0.2) is 5.82 Å². The van der Waals surface area contributed by atoms with Crippen molar-refractivity contribution in [1.29, 1.82) is 0 Å². The van der Waals surface area contributed by atoms with E-state index in [4.69, 9.17) is 0 Å². The van der Waals surface area contributed by atoms with Gasteiger partial charge in [-0.25, -0.2) is 4.79 Å². The van der Waals surface area contributed by atoms with Crippen molar-refractivity contribution < 1.29 is 14.1 Å². The van der Waals surface area contributed by atoms with Gasteiger partial charge in [-0.3, -0.25) is 4.79 Å². The van der Waals surface area contributed by atoms with Crippen LogP contribution < -0.4 is 10.6 Å². The van der Waals surface area contributed by atoms with Crippen LogP contribution in [0.4, 0.5) is 16.3 Å². The highest BCUT2D eigenvalue weighted by Gasteiger charge is 2.17. The van der Waals surface area contributed by atoms with Gasteiger partial charge >= 0.3 is 6.03 Å². The number of thioether (sulfide) groups is 1. The topological polar surface area (TPSA) is 87.5 Å². The molecule has 0 aliphatic rings. The molecule has 24 heavy (non-hydrogen) atoms. The number of anilines is 2. The Kier molecular flexibility index (Phi) is 6.68. The lowest BCUT2D eigenvalue weighted by atomic mass is 10.3. The molecule has 0 aliphatic carbocycles. The third-order valence-electron chi connectivity index (χ3n) is 3.16. The van der Waals surface area contributed by atoms with Gasteiger partial charge in [0.2, 0.25) is 5.91 Å². The molecule has 0 aliphatic heterocycles. The zero-order valence-electron chi connectivity index (χ0n) is 13.6. The van der Waals surface area contributed by atoms with E-state index in [9.17, 15) is 9.59 Å². The van der Waals surface area contributed by atoms with Gasteiger partial charge in [0.25, 0.3) is 0 Å². The van der Waals surface area contributed by atoms with Gasteiger partial charge < -0.3 is 20.1 Å². The van der Waals surface area contributed by atoms with E-state index >= 15 is 0 Å². The molecule has 3 amide bonds. The Morgan fingerprint density at radius 3 is 2.54 bits per heavy atom. The molecule has 2 rings (SSSR count). The van der Waals surface area contributed by atoms with Crippen molar-refractivity contribution in [3.05, 3.63) is 36.6 Å². The highest BCUT2D eigenvalue weighted by Crippen LogP contribution is 2.17. The summed E-state index contributed by atoms with van der Waals surface area (Å²) in [6.45, 7) is 2.36. The second-order valence-corrected chi connectivity index (χ2v) is 5.89. The highest BCUT2D eigenvalue weighted by molar-refractivity contribution is 7.98. The van der Waals surface area contributed by atoms with Crippen LogP contribution >= 0.6 is 11.8 Å². The Morgan fingerprint density at radius 1 is 1.21 bits per heavy atom. The average molecular weight is 348 g/mol. The third kappa shape index (κ3) is 5.31. The minimum absolute atomic E-state index is 0.0601. The molecular weight excluding hydrogens is 328 g/mol. The molecule has 2 N–H and O–H groups in total. The first-order valence-corrected chi connectivity index (χ1v) is 8.75. The van der Waals surface area contributed by atoms with E-state index in [0.29, 0.717) is 18.1 Å². The first kappa shape index (κ1) is 17.9. The first-order valence-electron chi connectivity index (χ1n) is 7.52. The summed E-state index contributed by atoms with van der Waals surface area (Å²) in [6.07, 6.45) is 4.10. The van der Waals surface area contributed by atoms with Crippen molar-refractivity contribution in [2.24, 2.45) is 0 Å². The average Bonchev–Trinajstić information content (AvgIpc) is 3.08. The summed E-state index contributed by atoms with van der Waals surface area (Å²) < 4.78 is 4.65. The normalized spacial score (nSPS) is 10.2. The standard InChI is InChI=1S/C16H20N4O3S/c1-3-9-20(11-15(21)18-14-8-10-23-19-14)16(22)17-12-4-6-13(24-2)7-5-12/h4-8,10H,3,9,11H2,1-2H3,(H,17,22)(H,18,19,21). The van der Waals surface area contributed by atoms with Gasteiger partial charge in [-0.15, -0.1) is 11.8 Å². The molecule has 7 nitrogen and oxygen atoms in total. The number of benzene rings is 1. The molecule has 0 atom stereocenters. The maximum atomic E-state index is 12.4. The van der Waals surface area contributed by atoms with Gasteiger partial charge in [-0.2, -0.15) is 0 Å². The Bertz CT molecular complexity index is 658. The van der Waals surface area contributed by atoms with E-state index in [0.717, 1.165) is 11.3 Å². The van der Waals surface area contributed by atoms with Crippen LogP contribution in [0.5, 0.6) is 0 Å². The van der Waals surface area contributed by atoms with Gasteiger partial charge in [0.05, 0.1) is 0 Å². The van der Waals surface area contributed by atoms with E-state index in [1.165, 1.54) is 17.2 Å². The van der Waals surface area contributed by atoms with E-state index in [1.54, 1.807) is 11.8 Å². The third-order valence-corrected chi connectivity index (χ3v) is 3.91. The summed E-state index contributed by atoms with van der Waals surface area (Å²) in [7, 11) is 0. The molecule has 0 bridgehead atoms. The van der Waals surface area contributed by atoms with Crippen molar-refractivity contribution in [2.45, 2.75) is 18.2 Å². The number of hydrogen-bond acceptors (Lipinski definition) is 5. The zero-order chi connectivity index (χ0) is 17.4. The molecule has 0 spiro atoms. The smallest absolute Gasteiger partial charge is 0.322 e. The predicted octanol–water partition coefficient (Wildman–Crippen LogP) is 3.28. The van der Waals surface area contributed by atoms with Crippen LogP contribution in [0.15, 0.2) is 46.0 Å². The predicted molar refractivity (Wildman–Crippen MR) is 94.2 cm³/mol. The van der Waals surface area contributed by atoms with E-state index in [-0.39, 0.29) is 18.5 Å². The molecule has 0 saturated heterocycles. The monoisotopic (exact) mass is 348 g/mol. The van der Waals surface area contributed by atoms with Crippen LogP contribution in [0.2, 0.25) is 0 Å². The van der Waals surface area contributed by atoms with Crippen LogP contribution in [-0.2, 0) is 4.79 Å². The Hall–Kier alpha value is -2.48. The zero-order valence-corrected chi connectivity index (χ0v) is 14.4. The number of carbonyl (C=O) groups excluding carboxylic acids is 2. The number of carbonyl (C=O) groups is 2. The number of amides is 3. The second-order valence-electron chi connectivity index (χ2n) is 5.01. The quantitative estimate of drug-likeness (QED) is 0.750. The first-order chi connectivity index (χ1) is 11.6. The van der Waals surface area contributed by atoms with Crippen LogP contribution in [0, 0.1) is 0 Å². The minimum atomic E-state index is -0.328. The molecule has 8 heteroatoms. The summed E-state index contributed by atoms with van der Waals surface area (Å²) in [4.78, 5) is 27.0. The summed E-state index contributed by atoms with van der Waals surface area (Å²) in [5.74, 6) is -0.00487. The SMILES string of the molecule is CCCN(CC(=O)Nc1ccon1)C(=O)Nc1ccc(SC)cc1. The van der Waals surface area contributed by atoms with Crippen LogP contribution in [0.25, 0.3) is 0 Å². The number of hydrogen-bond donors (Lipinski definition) is 2. The number of rotatable bonds is 7. The fourth-order valence-corrected chi connectivity index (χ4v) is 2.44. The van der Waals surface area contributed by atoms with Gasteiger partial charge in [0, 0.05) is 23.2 Å². The molecule has 0 saturated carbocycles. The molecule has 0 radical (unpaired) electrons. The summed E-state index contributed by atoms with van der Waals surface area (Å²) in [5, 5.41) is 8.99. The molecule has 0 unspecified atom stereocenters. The number of nitrogens with one attached hydrogen (secondary N) is 2. The second kappa shape index (κ2) is 8.97. The Balaban J connectivity index is 1.94. The van der Waals surface area contributed by atoms with Crippen molar-refractivity contribution in [3.8, 4) is 0 Å². The molecule has 1 aromatic carbocycles. The fraction of sp³-hybridized carbons (Fsp3) is 0.312. The largest absolute Gasteiger partial charge is 0.363 e. The maximum absolute atomic E-state index is 12.4. The molecule has 128 valence electrons. The lowest BCUT2D eigenvalue weighted by Crippen LogP contribution is -2.41. The molecule has 1 aromatic heterocycles. The lowest BCUT2D eigenvalue weighted by molar-refractivity contribution is -0.116. The molecule has 0 fully saturated rings. The summed E-state index contributed by atoms with van der Waals surface area (Å²) in [5.41, 5.74) is 0.691. The van der Waals surface area contributed by atoms with E-state index in [2.05, 4.69) is 20.3 Å². The number of aromatic nitrogens is 1. The number of nitrogens with zero attached hydrogens (tertiary/aromatic N) is 2. The van der Waals surface area contributed by atoms with Crippen molar-refractivity contribution in [1.82, 2.24) is 10.1 Å². The van der Waals surface area contributed by atoms with Crippen LogP contribution in [0.3, 0.4) is 0 Å². The van der Waals surface area contributed by atoms with Gasteiger partial charge in [-0.1, -0.05) is 12.1 Å². The fourth-order valence-electron chi connectivity index (χ4n) is 2.03. The van der Waals surface area contributed by atoms with Crippen LogP contribution in [-0.4, -0.2) is 41.3 Å². The van der Waals surface area contributed by atoms with Gasteiger partial charge in [-0.05, 0) is 36.9 Å². The molecular formula is C16H20N4O3S. The van der Waals surface area contributed by atoms with E-state index in [1.807, 2.05) is 37.4 Å². The minimum Gasteiger partial charge on any atom is -0.363 e. The Labute approximate surface area is 144 Å². The van der Waals surface area contributed by atoms with Crippen molar-refractivity contribution in [2.75, 3.05) is 30.0 Å². The summed E-state index contributed by atoms with van der Waals surface area (Å²) >= 11 is 1.63. The van der Waals surface area contributed by atoms with E-state index < -0.39 is 0 Å². The molecule has 2 aromatic rings. The van der Waals surface area contributed by atoms with Gasteiger partial charge in [0.1, 0.15) is 12.8 Å². The van der Waals surface area contributed by atoms with Crippen molar-refractivity contribution >= 4 is 35.2 Å². The maximum Gasteiger partial charge on any atom is 0.322 e. The van der Waals surface area contributed by atoms with Crippen LogP contribution in [0.1, 0.15) is 13.3 Å².